The van der Waals surface area contributed by atoms with Crippen molar-refractivity contribution >= 4 is 34.4 Å². The van der Waals surface area contributed by atoms with E-state index in [0.717, 1.165) is 17.9 Å². The highest BCUT2D eigenvalue weighted by Crippen LogP contribution is 2.21. The summed E-state index contributed by atoms with van der Waals surface area (Å²) >= 11 is 7.91. The number of benzene rings is 1. The van der Waals surface area contributed by atoms with Crippen molar-refractivity contribution in [3.05, 3.63) is 29.6 Å². The van der Waals surface area contributed by atoms with Gasteiger partial charge in [0.1, 0.15) is 5.82 Å². The minimum atomic E-state index is 0.483. The van der Waals surface area contributed by atoms with E-state index in [0.29, 0.717) is 5.88 Å². The maximum atomic E-state index is 6.01. The zero-order valence-corrected chi connectivity index (χ0v) is 12.5. The Bertz CT molecular complexity index is 522. The van der Waals surface area contributed by atoms with Gasteiger partial charge >= 0.3 is 0 Å². The summed E-state index contributed by atoms with van der Waals surface area (Å²) < 4.78 is 2.29. The highest BCUT2D eigenvalue weighted by molar-refractivity contribution is 7.98. The Morgan fingerprint density at radius 3 is 2.89 bits per heavy atom. The molecule has 0 N–H and O–H groups in total. The summed E-state index contributed by atoms with van der Waals surface area (Å²) in [6, 6.07) is 6.26. The minimum Gasteiger partial charge on any atom is -0.327 e. The molecule has 1 aromatic heterocycles. The van der Waals surface area contributed by atoms with Gasteiger partial charge in [-0.15, -0.1) is 11.6 Å². The van der Waals surface area contributed by atoms with Gasteiger partial charge < -0.3 is 4.57 Å². The maximum Gasteiger partial charge on any atom is 0.124 e. The molecule has 0 amide bonds. The van der Waals surface area contributed by atoms with Crippen LogP contribution in [-0.2, 0) is 12.4 Å². The van der Waals surface area contributed by atoms with E-state index in [1.165, 1.54) is 29.7 Å². The summed E-state index contributed by atoms with van der Waals surface area (Å²) in [6.45, 7) is 3.16. The van der Waals surface area contributed by atoms with Gasteiger partial charge in [0, 0.05) is 6.54 Å². The lowest BCUT2D eigenvalue weighted by molar-refractivity contribution is 0.630. The van der Waals surface area contributed by atoms with Crippen LogP contribution in [0.3, 0.4) is 0 Å². The largest absolute Gasteiger partial charge is 0.327 e. The Labute approximate surface area is 118 Å². The van der Waals surface area contributed by atoms with Crippen LogP contribution in [0.1, 0.15) is 24.2 Å². The van der Waals surface area contributed by atoms with E-state index >= 15 is 0 Å². The number of para-hydroxylation sites is 1. The smallest absolute Gasteiger partial charge is 0.124 e. The van der Waals surface area contributed by atoms with Crippen molar-refractivity contribution in [2.45, 2.75) is 32.2 Å². The van der Waals surface area contributed by atoms with Crippen molar-refractivity contribution in [3.63, 3.8) is 0 Å². The fourth-order valence-electron chi connectivity index (χ4n) is 2.27. The van der Waals surface area contributed by atoms with E-state index in [1.54, 1.807) is 0 Å². The van der Waals surface area contributed by atoms with Crippen molar-refractivity contribution in [2.75, 3.05) is 12.0 Å². The molecule has 0 aliphatic carbocycles. The second-order valence-corrected chi connectivity index (χ2v) is 5.71. The number of unbranched alkanes of at least 4 members (excludes halogenated alkanes) is 1. The second kappa shape index (κ2) is 6.48. The number of nitrogens with zero attached hydrogens (tertiary/aromatic N) is 2. The zero-order valence-electron chi connectivity index (χ0n) is 10.9. The van der Waals surface area contributed by atoms with E-state index < -0.39 is 0 Å². The van der Waals surface area contributed by atoms with Crippen LogP contribution in [0.15, 0.2) is 18.2 Å². The van der Waals surface area contributed by atoms with Crippen LogP contribution in [0.25, 0.3) is 11.0 Å². The summed E-state index contributed by atoms with van der Waals surface area (Å²) in [4.78, 5) is 4.62. The monoisotopic (exact) mass is 282 g/mol. The van der Waals surface area contributed by atoms with Crippen molar-refractivity contribution in [1.29, 1.82) is 0 Å². The summed E-state index contributed by atoms with van der Waals surface area (Å²) in [6.07, 6.45) is 4.58. The third-order valence-electron chi connectivity index (χ3n) is 3.15. The first-order valence-corrected chi connectivity index (χ1v) is 8.20. The number of halogens is 1. The molecule has 0 atom stereocenters. The van der Waals surface area contributed by atoms with Gasteiger partial charge in [-0.2, -0.15) is 11.8 Å². The standard InChI is InChI=1S/C14H19ClN2S/c1-11-6-5-7-12-14(11)17(13(10-15)16-12)8-3-4-9-18-2/h5-7H,3-4,8-10H2,1-2H3. The molecular formula is C14H19ClN2S. The summed E-state index contributed by atoms with van der Waals surface area (Å²) in [5, 5.41) is 0. The highest BCUT2D eigenvalue weighted by atomic mass is 35.5. The molecule has 0 bridgehead atoms. The fraction of sp³-hybridized carbons (Fsp3) is 0.500. The molecule has 2 aromatic rings. The van der Waals surface area contributed by atoms with Crippen LogP contribution in [-0.4, -0.2) is 21.6 Å². The highest BCUT2D eigenvalue weighted by Gasteiger charge is 2.11. The van der Waals surface area contributed by atoms with Gasteiger partial charge in [-0.1, -0.05) is 12.1 Å². The summed E-state index contributed by atoms with van der Waals surface area (Å²) in [5.41, 5.74) is 3.59. The molecule has 0 saturated carbocycles. The van der Waals surface area contributed by atoms with Crippen molar-refractivity contribution in [3.8, 4) is 0 Å². The van der Waals surface area contributed by atoms with Gasteiger partial charge in [0.15, 0.2) is 0 Å². The number of thioether (sulfide) groups is 1. The lowest BCUT2D eigenvalue weighted by Gasteiger charge is -2.08. The predicted molar refractivity (Wildman–Crippen MR) is 81.6 cm³/mol. The summed E-state index contributed by atoms with van der Waals surface area (Å²) in [7, 11) is 0. The molecule has 0 unspecified atom stereocenters. The quantitative estimate of drug-likeness (QED) is 0.583. The number of aryl methyl sites for hydroxylation is 2. The number of imidazole rings is 1. The fourth-order valence-corrected chi connectivity index (χ4v) is 2.97. The Kier molecular flexibility index (Phi) is 4.95. The molecule has 0 spiro atoms. The first kappa shape index (κ1) is 13.8. The molecule has 4 heteroatoms. The molecule has 1 heterocycles. The lowest BCUT2D eigenvalue weighted by atomic mass is 10.2. The van der Waals surface area contributed by atoms with E-state index in [1.807, 2.05) is 11.8 Å². The molecule has 0 aliphatic heterocycles. The van der Waals surface area contributed by atoms with E-state index in [-0.39, 0.29) is 0 Å². The summed E-state index contributed by atoms with van der Waals surface area (Å²) in [5.74, 6) is 2.70. The van der Waals surface area contributed by atoms with Gasteiger partial charge in [-0.3, -0.25) is 0 Å². The van der Waals surface area contributed by atoms with E-state index in [2.05, 4.69) is 40.9 Å². The first-order chi connectivity index (χ1) is 8.77. The molecular weight excluding hydrogens is 264 g/mol. The first-order valence-electron chi connectivity index (χ1n) is 6.27. The number of hydrogen-bond acceptors (Lipinski definition) is 2. The SMILES string of the molecule is CSCCCCn1c(CCl)nc2cccc(C)c21. The van der Waals surface area contributed by atoms with Crippen LogP contribution >= 0.6 is 23.4 Å². The van der Waals surface area contributed by atoms with Crippen molar-refractivity contribution in [2.24, 2.45) is 0 Å². The van der Waals surface area contributed by atoms with Crippen LogP contribution in [0.4, 0.5) is 0 Å². The minimum absolute atomic E-state index is 0.483. The van der Waals surface area contributed by atoms with Gasteiger partial charge in [0.25, 0.3) is 0 Å². The number of hydrogen-bond donors (Lipinski definition) is 0. The lowest BCUT2D eigenvalue weighted by Crippen LogP contribution is -2.03. The van der Waals surface area contributed by atoms with E-state index in [9.17, 15) is 0 Å². The maximum absolute atomic E-state index is 6.01. The predicted octanol–water partition coefficient (Wildman–Crippen LogP) is 4.23. The van der Waals surface area contributed by atoms with Crippen molar-refractivity contribution in [1.82, 2.24) is 9.55 Å². The molecule has 2 nitrogen and oxygen atoms in total. The average Bonchev–Trinajstić information content (AvgIpc) is 2.74. The van der Waals surface area contributed by atoms with Gasteiger partial charge in [-0.25, -0.2) is 4.98 Å². The van der Waals surface area contributed by atoms with Crippen LogP contribution in [0.5, 0.6) is 0 Å². The van der Waals surface area contributed by atoms with Crippen molar-refractivity contribution < 1.29 is 0 Å². The molecule has 0 aliphatic rings. The zero-order chi connectivity index (χ0) is 13.0. The number of rotatable bonds is 6. The molecule has 2 rings (SSSR count). The molecule has 0 saturated heterocycles. The Morgan fingerprint density at radius 2 is 2.17 bits per heavy atom. The molecule has 0 radical (unpaired) electrons. The Balaban J connectivity index is 2.28. The van der Waals surface area contributed by atoms with Crippen LogP contribution in [0, 0.1) is 6.92 Å². The molecule has 18 heavy (non-hydrogen) atoms. The Morgan fingerprint density at radius 1 is 1.33 bits per heavy atom. The van der Waals surface area contributed by atoms with Crippen LogP contribution < -0.4 is 0 Å². The number of alkyl halides is 1. The van der Waals surface area contributed by atoms with Crippen LogP contribution in [0.2, 0.25) is 0 Å². The molecule has 0 fully saturated rings. The number of aromatic nitrogens is 2. The van der Waals surface area contributed by atoms with E-state index in [4.69, 9.17) is 11.6 Å². The van der Waals surface area contributed by atoms with Gasteiger partial charge in [0.2, 0.25) is 0 Å². The normalized spacial score (nSPS) is 11.3. The average molecular weight is 283 g/mol. The second-order valence-electron chi connectivity index (χ2n) is 4.46. The van der Waals surface area contributed by atoms with Gasteiger partial charge in [0.05, 0.1) is 16.9 Å². The topological polar surface area (TPSA) is 17.8 Å². The molecule has 98 valence electrons. The van der Waals surface area contributed by atoms with Gasteiger partial charge in [-0.05, 0) is 43.4 Å². The Hall–Kier alpha value is -0.670. The molecule has 1 aromatic carbocycles. The third kappa shape index (κ3) is 2.83. The third-order valence-corrected chi connectivity index (χ3v) is 4.08. The number of fused-ring (bicyclic) bond motifs is 1.